The minimum Gasteiger partial charge on any atom is -0.369 e. The van der Waals surface area contributed by atoms with Crippen molar-refractivity contribution < 1.29 is 4.39 Å². The monoisotopic (exact) mass is 400 g/mol. The van der Waals surface area contributed by atoms with Gasteiger partial charge >= 0.3 is 0 Å². The van der Waals surface area contributed by atoms with Gasteiger partial charge in [0.2, 0.25) is 0 Å². The molecular formula is C25H25FN4. The Hall–Kier alpha value is -3.36. The second kappa shape index (κ2) is 8.17. The fourth-order valence-electron chi connectivity index (χ4n) is 3.65. The minimum absolute atomic E-state index is 0.251. The van der Waals surface area contributed by atoms with E-state index in [9.17, 15) is 4.39 Å². The Morgan fingerprint density at radius 3 is 2.30 bits per heavy atom. The molecule has 0 atom stereocenters. The molecule has 5 heteroatoms. The molecule has 0 N–H and O–H groups in total. The lowest BCUT2D eigenvalue weighted by Gasteiger charge is -2.34. The molecule has 4 rings (SSSR count). The summed E-state index contributed by atoms with van der Waals surface area (Å²) < 4.78 is 16.2. The summed E-state index contributed by atoms with van der Waals surface area (Å²) in [6.07, 6.45) is 5.36. The number of anilines is 1. The first-order chi connectivity index (χ1) is 14.5. The highest BCUT2D eigenvalue weighted by molar-refractivity contribution is 5.70. The van der Waals surface area contributed by atoms with Gasteiger partial charge in [0.15, 0.2) is 0 Å². The van der Waals surface area contributed by atoms with Crippen LogP contribution in [0.15, 0.2) is 55.1 Å². The highest BCUT2D eigenvalue weighted by Crippen LogP contribution is 2.28. The Balaban J connectivity index is 1.71. The van der Waals surface area contributed by atoms with Crippen molar-refractivity contribution in [2.45, 2.75) is 6.92 Å². The zero-order chi connectivity index (χ0) is 21.3. The minimum atomic E-state index is -0.412. The number of likely N-dealkylation sites (N-methyl/N-ethyl adjacent to an activating group) is 1. The SMILES string of the molecule is C#Cc1ccc(-c2cc(C(=C)C)nn2-c2ccc(N3CCN(C)CC3)cc2)cc1F. The van der Waals surface area contributed by atoms with Crippen LogP contribution in [-0.4, -0.2) is 47.9 Å². The van der Waals surface area contributed by atoms with Crippen molar-refractivity contribution in [2.75, 3.05) is 38.1 Å². The molecule has 152 valence electrons. The number of nitrogens with zero attached hydrogens (tertiary/aromatic N) is 4. The van der Waals surface area contributed by atoms with Gasteiger partial charge in [-0.1, -0.05) is 18.6 Å². The van der Waals surface area contributed by atoms with Gasteiger partial charge < -0.3 is 9.80 Å². The third kappa shape index (κ3) is 3.87. The number of hydrogen-bond donors (Lipinski definition) is 0. The van der Waals surface area contributed by atoms with Gasteiger partial charge in [-0.15, -0.1) is 6.42 Å². The fraction of sp³-hybridized carbons (Fsp3) is 0.240. The van der Waals surface area contributed by atoms with E-state index in [1.54, 1.807) is 6.07 Å². The molecule has 0 aliphatic carbocycles. The number of benzene rings is 2. The Morgan fingerprint density at radius 2 is 1.70 bits per heavy atom. The van der Waals surface area contributed by atoms with Crippen LogP contribution >= 0.6 is 0 Å². The Labute approximate surface area is 177 Å². The molecule has 1 saturated heterocycles. The molecule has 0 spiro atoms. The summed E-state index contributed by atoms with van der Waals surface area (Å²) in [5.41, 5.74) is 5.50. The van der Waals surface area contributed by atoms with Crippen LogP contribution in [0, 0.1) is 18.2 Å². The van der Waals surface area contributed by atoms with E-state index in [4.69, 9.17) is 11.5 Å². The molecule has 2 heterocycles. The highest BCUT2D eigenvalue weighted by atomic mass is 19.1. The van der Waals surface area contributed by atoms with Gasteiger partial charge in [-0.2, -0.15) is 5.10 Å². The van der Waals surface area contributed by atoms with Crippen LogP contribution in [0.1, 0.15) is 18.2 Å². The number of aromatic nitrogens is 2. The van der Waals surface area contributed by atoms with Gasteiger partial charge in [-0.25, -0.2) is 9.07 Å². The van der Waals surface area contributed by atoms with E-state index >= 15 is 0 Å². The molecule has 0 unspecified atom stereocenters. The van der Waals surface area contributed by atoms with E-state index in [1.807, 2.05) is 23.7 Å². The Morgan fingerprint density at radius 1 is 1.03 bits per heavy atom. The number of piperazine rings is 1. The lowest BCUT2D eigenvalue weighted by atomic mass is 10.1. The first-order valence-corrected chi connectivity index (χ1v) is 10.0. The van der Waals surface area contributed by atoms with Gasteiger partial charge in [0.1, 0.15) is 5.82 Å². The van der Waals surface area contributed by atoms with Crippen LogP contribution in [0.4, 0.5) is 10.1 Å². The predicted octanol–water partition coefficient (Wildman–Crippen LogP) is 4.44. The summed E-state index contributed by atoms with van der Waals surface area (Å²) in [5, 5.41) is 4.71. The number of hydrogen-bond acceptors (Lipinski definition) is 3. The van der Waals surface area contributed by atoms with Gasteiger partial charge in [-0.05, 0) is 62.0 Å². The van der Waals surface area contributed by atoms with Crippen molar-refractivity contribution in [3.05, 3.63) is 72.2 Å². The average Bonchev–Trinajstić information content (AvgIpc) is 3.20. The van der Waals surface area contributed by atoms with Gasteiger partial charge in [-0.3, -0.25) is 0 Å². The molecule has 2 aromatic carbocycles. The van der Waals surface area contributed by atoms with Crippen LogP contribution < -0.4 is 4.90 Å². The first kappa shape index (κ1) is 19.9. The van der Waals surface area contributed by atoms with E-state index in [-0.39, 0.29) is 5.56 Å². The largest absolute Gasteiger partial charge is 0.369 e. The second-order valence-electron chi connectivity index (χ2n) is 7.75. The molecule has 4 nitrogen and oxygen atoms in total. The molecule has 1 fully saturated rings. The van der Waals surface area contributed by atoms with Crippen molar-refractivity contribution in [1.82, 2.24) is 14.7 Å². The summed E-state index contributed by atoms with van der Waals surface area (Å²) >= 11 is 0. The van der Waals surface area contributed by atoms with E-state index in [0.29, 0.717) is 0 Å². The molecule has 0 amide bonds. The normalized spacial score (nSPS) is 14.5. The Bertz CT molecular complexity index is 1110. The third-order valence-corrected chi connectivity index (χ3v) is 5.53. The molecular weight excluding hydrogens is 375 g/mol. The molecule has 1 aliphatic rings. The molecule has 0 radical (unpaired) electrons. The Kier molecular flexibility index (Phi) is 5.43. The summed E-state index contributed by atoms with van der Waals surface area (Å²) in [6.45, 7) is 10.1. The summed E-state index contributed by atoms with van der Waals surface area (Å²) in [4.78, 5) is 4.73. The van der Waals surface area contributed by atoms with E-state index < -0.39 is 5.82 Å². The van der Waals surface area contributed by atoms with E-state index in [1.165, 1.54) is 11.8 Å². The molecule has 0 bridgehead atoms. The summed E-state index contributed by atoms with van der Waals surface area (Å²) in [6, 6.07) is 15.2. The third-order valence-electron chi connectivity index (χ3n) is 5.53. The molecule has 3 aromatic rings. The summed E-state index contributed by atoms with van der Waals surface area (Å²) in [5.74, 6) is 1.95. The van der Waals surface area contributed by atoms with Crippen LogP contribution in [0.5, 0.6) is 0 Å². The average molecular weight is 401 g/mol. The van der Waals surface area contributed by atoms with Crippen LogP contribution in [0.3, 0.4) is 0 Å². The summed E-state index contributed by atoms with van der Waals surface area (Å²) in [7, 11) is 2.15. The van der Waals surface area contributed by atoms with Crippen molar-refractivity contribution >= 4 is 11.3 Å². The van der Waals surface area contributed by atoms with Crippen molar-refractivity contribution in [3.63, 3.8) is 0 Å². The van der Waals surface area contributed by atoms with Crippen LogP contribution in [0.2, 0.25) is 0 Å². The topological polar surface area (TPSA) is 24.3 Å². The molecule has 1 aliphatic heterocycles. The van der Waals surface area contributed by atoms with Crippen molar-refractivity contribution in [1.29, 1.82) is 0 Å². The lowest BCUT2D eigenvalue weighted by molar-refractivity contribution is 0.313. The van der Waals surface area contributed by atoms with E-state index in [2.05, 4.69) is 53.6 Å². The number of halogens is 1. The molecule has 0 saturated carbocycles. The van der Waals surface area contributed by atoms with Gasteiger partial charge in [0, 0.05) is 37.4 Å². The molecule has 1 aromatic heterocycles. The number of allylic oxidation sites excluding steroid dienone is 1. The van der Waals surface area contributed by atoms with Crippen molar-refractivity contribution in [2.24, 2.45) is 0 Å². The zero-order valence-corrected chi connectivity index (χ0v) is 17.4. The standard InChI is InChI=1S/C25H25FN4/c1-5-19-6-7-20(16-23(19)26)25-17-24(18(2)3)27-30(25)22-10-8-21(9-11-22)29-14-12-28(4)13-15-29/h1,6-11,16-17H,2,12-15H2,3-4H3. The second-order valence-corrected chi connectivity index (χ2v) is 7.75. The smallest absolute Gasteiger partial charge is 0.139 e. The fourth-order valence-corrected chi connectivity index (χ4v) is 3.65. The van der Waals surface area contributed by atoms with Crippen LogP contribution in [0.25, 0.3) is 22.5 Å². The van der Waals surface area contributed by atoms with Gasteiger partial charge in [0.05, 0.1) is 22.6 Å². The highest BCUT2D eigenvalue weighted by Gasteiger charge is 2.16. The van der Waals surface area contributed by atoms with E-state index in [0.717, 1.165) is 54.4 Å². The van der Waals surface area contributed by atoms with Crippen molar-refractivity contribution in [3.8, 4) is 29.3 Å². The number of rotatable bonds is 4. The lowest BCUT2D eigenvalue weighted by Crippen LogP contribution is -2.44. The zero-order valence-electron chi connectivity index (χ0n) is 17.4. The van der Waals surface area contributed by atoms with Gasteiger partial charge in [0.25, 0.3) is 0 Å². The van der Waals surface area contributed by atoms with Crippen LogP contribution in [-0.2, 0) is 0 Å². The number of terminal acetylenes is 1. The predicted molar refractivity (Wildman–Crippen MR) is 121 cm³/mol. The quantitative estimate of drug-likeness (QED) is 0.605. The first-order valence-electron chi connectivity index (χ1n) is 10.0. The molecule has 30 heavy (non-hydrogen) atoms. The maximum Gasteiger partial charge on any atom is 0.139 e. The maximum absolute atomic E-state index is 14.3. The maximum atomic E-state index is 14.3.